The van der Waals surface area contributed by atoms with E-state index in [9.17, 15) is 18.4 Å². The second-order valence-electron chi connectivity index (χ2n) is 9.46. The Labute approximate surface area is 225 Å². The van der Waals surface area contributed by atoms with Crippen LogP contribution in [0.1, 0.15) is 29.5 Å². The summed E-state index contributed by atoms with van der Waals surface area (Å²) in [6.45, 7) is 7.54. The van der Waals surface area contributed by atoms with Crippen LogP contribution >= 0.6 is 0 Å². The molecule has 0 saturated heterocycles. The molecule has 2 N–H and O–H groups in total. The highest BCUT2D eigenvalue weighted by atomic mass is 19.1. The number of halogens is 2. The number of rotatable bonds is 11. The van der Waals surface area contributed by atoms with Crippen LogP contribution in [-0.4, -0.2) is 76.6 Å². The van der Waals surface area contributed by atoms with E-state index in [2.05, 4.69) is 20.8 Å². The molecule has 39 heavy (non-hydrogen) atoms. The average molecular weight is 542 g/mol. The van der Waals surface area contributed by atoms with Crippen LogP contribution in [0.4, 0.5) is 14.5 Å². The van der Waals surface area contributed by atoms with Crippen LogP contribution in [0.3, 0.4) is 0 Å². The van der Waals surface area contributed by atoms with Gasteiger partial charge in [-0.3, -0.25) is 14.6 Å². The third kappa shape index (κ3) is 6.76. The lowest BCUT2D eigenvalue weighted by atomic mass is 10.1. The molecule has 10 nitrogen and oxygen atoms in total. The summed E-state index contributed by atoms with van der Waals surface area (Å²) in [4.78, 5) is 32.0. The molecule has 2 aromatic carbocycles. The molecule has 0 unspecified atom stereocenters. The van der Waals surface area contributed by atoms with Gasteiger partial charge < -0.3 is 20.1 Å². The number of nitrogens with zero attached hydrogens (tertiary/aromatic N) is 5. The highest BCUT2D eigenvalue weighted by molar-refractivity contribution is 5.87. The van der Waals surface area contributed by atoms with Crippen molar-refractivity contribution >= 4 is 17.5 Å². The largest absolute Gasteiger partial charge is 0.376 e. The lowest BCUT2D eigenvalue weighted by Crippen LogP contribution is -2.49. The molecule has 2 amide bonds. The Hall–Kier alpha value is -3.90. The third-order valence-corrected chi connectivity index (χ3v) is 6.66. The van der Waals surface area contributed by atoms with Crippen molar-refractivity contribution < 1.29 is 22.9 Å². The molecule has 208 valence electrons. The summed E-state index contributed by atoms with van der Waals surface area (Å²) in [5, 5.41) is 13.3. The number of hydrogen-bond donors (Lipinski definition) is 2. The molecule has 0 bridgehead atoms. The molecule has 12 heteroatoms. The van der Waals surface area contributed by atoms with Crippen LogP contribution in [0, 0.1) is 25.5 Å². The van der Waals surface area contributed by atoms with Gasteiger partial charge in [0.25, 0.3) is 5.91 Å². The van der Waals surface area contributed by atoms with Crippen LogP contribution in [0.5, 0.6) is 0 Å². The van der Waals surface area contributed by atoms with Crippen LogP contribution in [0.25, 0.3) is 11.4 Å². The molecule has 0 atom stereocenters. The van der Waals surface area contributed by atoms with Gasteiger partial charge in [-0.2, -0.15) is 4.98 Å². The summed E-state index contributed by atoms with van der Waals surface area (Å²) in [7, 11) is 1.65. The molecule has 2 heterocycles. The topological polar surface area (TPSA) is 107 Å². The normalized spacial score (nSPS) is 12.9. The Kier molecular flexibility index (Phi) is 8.87. The Bertz CT molecular complexity index is 1350. The summed E-state index contributed by atoms with van der Waals surface area (Å²) in [6.07, 6.45) is 0. The van der Waals surface area contributed by atoms with Crippen molar-refractivity contribution in [1.82, 2.24) is 30.4 Å². The molecule has 0 spiro atoms. The zero-order chi connectivity index (χ0) is 28.1. The molecule has 0 fully saturated rings. The fraction of sp³-hybridized carbons (Fsp3) is 0.407. The van der Waals surface area contributed by atoms with E-state index in [-0.39, 0.29) is 42.1 Å². The van der Waals surface area contributed by atoms with E-state index in [1.54, 1.807) is 27.0 Å². The molecule has 1 aliphatic heterocycles. The number of carbonyl (C=O) groups excluding carboxylic acids is 2. The SMILES string of the molecule is CCNCCN(CC(=O)N(C)N1Cc2ccc(F)cc2C1)C(=O)CNc1cc(-c2noc(C)n2)c(F)cc1C. The van der Waals surface area contributed by atoms with E-state index < -0.39 is 5.82 Å². The molecule has 4 rings (SSSR count). The van der Waals surface area contributed by atoms with Crippen molar-refractivity contribution in [3.05, 3.63) is 64.5 Å². The molecular weight excluding hydrogens is 508 g/mol. The lowest BCUT2D eigenvalue weighted by Gasteiger charge is -2.31. The van der Waals surface area contributed by atoms with Gasteiger partial charge in [0.05, 0.1) is 12.1 Å². The minimum Gasteiger partial charge on any atom is -0.376 e. The Balaban J connectivity index is 1.41. The number of amides is 2. The van der Waals surface area contributed by atoms with Gasteiger partial charge in [0.15, 0.2) is 0 Å². The number of nitrogens with one attached hydrogen (secondary N) is 2. The van der Waals surface area contributed by atoms with Gasteiger partial charge in [-0.1, -0.05) is 18.1 Å². The van der Waals surface area contributed by atoms with E-state index in [0.717, 1.165) is 17.7 Å². The number of aryl methyl sites for hydroxylation is 2. The quantitative estimate of drug-likeness (QED) is 0.357. The number of hydrogen-bond acceptors (Lipinski definition) is 8. The zero-order valence-corrected chi connectivity index (χ0v) is 22.6. The summed E-state index contributed by atoms with van der Waals surface area (Å²) < 4.78 is 33.2. The van der Waals surface area contributed by atoms with Gasteiger partial charge in [-0.15, -0.1) is 0 Å². The smallest absolute Gasteiger partial charge is 0.256 e. The molecule has 1 aromatic heterocycles. The van der Waals surface area contributed by atoms with Gasteiger partial charge in [0.2, 0.25) is 17.6 Å². The number of carbonyl (C=O) groups is 2. The molecular formula is C27H33F2N7O3. The molecule has 0 saturated carbocycles. The molecule has 1 aliphatic rings. The minimum absolute atomic E-state index is 0.102. The third-order valence-electron chi connectivity index (χ3n) is 6.66. The first-order valence-corrected chi connectivity index (χ1v) is 12.8. The van der Waals surface area contributed by atoms with Crippen molar-refractivity contribution in [2.75, 3.05) is 45.1 Å². The van der Waals surface area contributed by atoms with Gasteiger partial charge in [-0.05, 0) is 54.4 Å². The van der Waals surface area contributed by atoms with E-state index in [0.29, 0.717) is 43.3 Å². The van der Waals surface area contributed by atoms with Gasteiger partial charge in [0.1, 0.15) is 18.2 Å². The van der Waals surface area contributed by atoms with Crippen molar-refractivity contribution in [3.8, 4) is 11.4 Å². The molecule has 3 aromatic rings. The van der Waals surface area contributed by atoms with Crippen molar-refractivity contribution in [1.29, 1.82) is 0 Å². The second-order valence-corrected chi connectivity index (χ2v) is 9.46. The van der Waals surface area contributed by atoms with Crippen molar-refractivity contribution in [2.24, 2.45) is 0 Å². The zero-order valence-electron chi connectivity index (χ0n) is 22.6. The summed E-state index contributed by atoms with van der Waals surface area (Å²) in [6, 6.07) is 7.50. The Morgan fingerprint density at radius 1 is 1.10 bits per heavy atom. The van der Waals surface area contributed by atoms with E-state index in [1.807, 2.05) is 11.9 Å². The number of hydrazine groups is 1. The van der Waals surface area contributed by atoms with Gasteiger partial charge >= 0.3 is 0 Å². The Morgan fingerprint density at radius 2 is 1.87 bits per heavy atom. The highest BCUT2D eigenvalue weighted by Crippen LogP contribution is 2.27. The van der Waals surface area contributed by atoms with Crippen LogP contribution < -0.4 is 10.6 Å². The lowest BCUT2D eigenvalue weighted by molar-refractivity contribution is -0.151. The summed E-state index contributed by atoms with van der Waals surface area (Å²) in [5.41, 5.74) is 3.10. The number of anilines is 1. The highest BCUT2D eigenvalue weighted by Gasteiger charge is 2.27. The second kappa shape index (κ2) is 12.3. The minimum atomic E-state index is -0.502. The Morgan fingerprint density at radius 3 is 2.59 bits per heavy atom. The standard InChI is InChI=1S/C27H33F2N7O3/c1-5-30-8-9-35(16-26(38)34(4)36-14-19-6-7-21(28)11-20(19)15-36)25(37)13-31-24-12-22(23(29)10-17(24)2)27-32-18(3)39-33-27/h6-7,10-12,30-31H,5,8-9,13-16H2,1-4H3. The van der Waals surface area contributed by atoms with Crippen LogP contribution in [-0.2, 0) is 22.7 Å². The molecule has 0 aliphatic carbocycles. The fourth-order valence-corrected chi connectivity index (χ4v) is 4.39. The maximum Gasteiger partial charge on any atom is 0.256 e. The monoisotopic (exact) mass is 541 g/mol. The maximum absolute atomic E-state index is 14.6. The van der Waals surface area contributed by atoms with Crippen molar-refractivity contribution in [3.63, 3.8) is 0 Å². The van der Waals surface area contributed by atoms with Gasteiger partial charge in [0, 0.05) is 45.8 Å². The van der Waals surface area contributed by atoms with E-state index >= 15 is 0 Å². The van der Waals surface area contributed by atoms with Crippen molar-refractivity contribution in [2.45, 2.75) is 33.9 Å². The number of benzene rings is 2. The summed E-state index contributed by atoms with van der Waals surface area (Å²) >= 11 is 0. The summed E-state index contributed by atoms with van der Waals surface area (Å²) in [5.74, 6) is -0.938. The number of fused-ring (bicyclic) bond motifs is 1. The maximum atomic E-state index is 14.6. The van der Waals surface area contributed by atoms with Gasteiger partial charge in [-0.25, -0.2) is 13.8 Å². The van der Waals surface area contributed by atoms with Crippen LogP contribution in [0.2, 0.25) is 0 Å². The first kappa shape index (κ1) is 28.1. The number of aromatic nitrogens is 2. The fourth-order valence-electron chi connectivity index (χ4n) is 4.39. The molecule has 0 radical (unpaired) electrons. The predicted octanol–water partition coefficient (Wildman–Crippen LogP) is 2.87. The predicted molar refractivity (Wildman–Crippen MR) is 141 cm³/mol. The number of likely N-dealkylation sites (N-methyl/N-ethyl adjacent to an activating group) is 2. The van der Waals surface area contributed by atoms with E-state index in [1.165, 1.54) is 34.2 Å². The first-order valence-electron chi connectivity index (χ1n) is 12.8. The first-order chi connectivity index (χ1) is 18.7. The van der Waals surface area contributed by atoms with Crippen LogP contribution in [0.15, 0.2) is 34.9 Å². The average Bonchev–Trinajstić information content (AvgIpc) is 3.52. The van der Waals surface area contributed by atoms with E-state index in [4.69, 9.17) is 4.52 Å².